The van der Waals surface area contributed by atoms with Gasteiger partial charge in [0.1, 0.15) is 0 Å². The van der Waals surface area contributed by atoms with Crippen LogP contribution in [0.1, 0.15) is 21.0 Å². The quantitative estimate of drug-likeness (QED) is 0.308. The summed E-state index contributed by atoms with van der Waals surface area (Å²) < 4.78 is 34.8. The number of nitrogens with zero attached hydrogens (tertiary/aromatic N) is 3. The summed E-state index contributed by atoms with van der Waals surface area (Å²) >= 11 is 6.27. The van der Waals surface area contributed by atoms with Crippen LogP contribution in [0.5, 0.6) is 5.75 Å². The minimum Gasteiger partial charge on any atom is -0.494 e. The second-order valence-corrected chi connectivity index (χ2v) is 8.80. The number of aromatic nitrogens is 2. The maximum absolute atomic E-state index is 14.5. The molecule has 0 aliphatic carbocycles. The normalized spacial score (nSPS) is 12.5. The third kappa shape index (κ3) is 6.35. The molecule has 0 radical (unpaired) electrons. The van der Waals surface area contributed by atoms with Crippen molar-refractivity contribution in [2.75, 3.05) is 32.1 Å². The number of carboxylic acid groups (broad SMARTS) is 1. The van der Waals surface area contributed by atoms with Crippen molar-refractivity contribution in [3.05, 3.63) is 64.6 Å². The highest BCUT2D eigenvalue weighted by atomic mass is 35.5. The molecule has 0 atom stereocenters. The number of carbonyl (C=O) groups is 4. The average Bonchev–Trinajstić information content (AvgIpc) is 3.28. The summed E-state index contributed by atoms with van der Waals surface area (Å²) in [6, 6.07) is 6.75. The van der Waals surface area contributed by atoms with E-state index in [1.807, 2.05) is 0 Å². The molecule has 212 valence electrons. The molecule has 15 heteroatoms. The van der Waals surface area contributed by atoms with Gasteiger partial charge in [0.15, 0.2) is 17.4 Å². The molecule has 2 heterocycles. The largest absolute Gasteiger partial charge is 0.494 e. The maximum Gasteiger partial charge on any atom is 0.291 e. The highest BCUT2D eigenvalue weighted by Crippen LogP contribution is 2.30. The number of anilines is 1. The van der Waals surface area contributed by atoms with Crippen LogP contribution in [-0.4, -0.2) is 76.5 Å². The van der Waals surface area contributed by atoms with E-state index >= 15 is 0 Å². The Hall–Kier alpha value is -4.56. The molecule has 0 spiro atoms. The zero-order valence-corrected chi connectivity index (χ0v) is 22.0. The molecular weight excluding hydrogens is 554 g/mol. The Morgan fingerprint density at radius 2 is 1.88 bits per heavy atom. The monoisotopic (exact) mass is 578 g/mol. The number of carbonyl (C=O) groups excluding carboxylic acids is 3. The molecule has 4 rings (SSSR count). The van der Waals surface area contributed by atoms with Crippen molar-refractivity contribution in [1.29, 1.82) is 0 Å². The van der Waals surface area contributed by atoms with Gasteiger partial charge in [0.05, 0.1) is 42.2 Å². The summed E-state index contributed by atoms with van der Waals surface area (Å²) in [6.45, 7) is 0.398. The molecule has 0 unspecified atom stereocenters. The van der Waals surface area contributed by atoms with Crippen molar-refractivity contribution >= 4 is 41.5 Å². The first-order valence-corrected chi connectivity index (χ1v) is 12.0. The molecule has 1 fully saturated rings. The SMILES string of the molecule is COc1ccc(-c2cnc(C(=O)Nc3ccc(C(=O)NC4CN(C(=O)CN)C4)c(Cl)c3)n2C)c(F)c1F.O=CO. The number of nitrogens with one attached hydrogen (secondary N) is 2. The number of hydrogen-bond acceptors (Lipinski definition) is 7. The van der Waals surface area contributed by atoms with E-state index in [1.54, 1.807) is 0 Å². The van der Waals surface area contributed by atoms with Gasteiger partial charge in [-0.2, -0.15) is 4.39 Å². The fourth-order valence-electron chi connectivity index (χ4n) is 3.89. The Morgan fingerprint density at radius 1 is 1.20 bits per heavy atom. The lowest BCUT2D eigenvalue weighted by Gasteiger charge is -2.39. The zero-order chi connectivity index (χ0) is 29.6. The Bertz CT molecular complexity index is 1440. The number of halogens is 3. The number of likely N-dealkylation sites (tertiary alicyclic amines) is 1. The number of methoxy groups -OCH3 is 1. The molecule has 1 saturated heterocycles. The van der Waals surface area contributed by atoms with Crippen LogP contribution in [0.15, 0.2) is 36.5 Å². The number of hydrogen-bond donors (Lipinski definition) is 4. The Labute approximate surface area is 231 Å². The second-order valence-electron chi connectivity index (χ2n) is 8.40. The van der Waals surface area contributed by atoms with Crippen molar-refractivity contribution in [2.45, 2.75) is 6.04 Å². The Kier molecular flexibility index (Phi) is 9.74. The molecule has 12 nitrogen and oxygen atoms in total. The van der Waals surface area contributed by atoms with Crippen molar-refractivity contribution in [1.82, 2.24) is 19.8 Å². The topological polar surface area (TPSA) is 169 Å². The van der Waals surface area contributed by atoms with Crippen LogP contribution in [0.4, 0.5) is 14.5 Å². The molecule has 2 aromatic carbocycles. The van der Waals surface area contributed by atoms with Gasteiger partial charge in [-0.1, -0.05) is 11.6 Å². The van der Waals surface area contributed by atoms with Gasteiger partial charge in [-0.25, -0.2) is 9.37 Å². The second kappa shape index (κ2) is 13.0. The minimum absolute atomic E-state index is 0.0647. The standard InChI is InChI=1S/C24H23ClF2N6O4.CH2O2/c1-32-17(15-5-6-18(37-2)21(27)20(15)26)9-29-22(32)24(36)30-12-3-4-14(16(25)7-12)23(35)31-13-10-33(11-13)19(34)8-28;2-1-3/h3-7,9,13H,8,10-11,28H2,1-2H3,(H,30,36)(H,31,35);1H,(H,2,3). The Morgan fingerprint density at radius 3 is 2.48 bits per heavy atom. The number of ether oxygens (including phenoxy) is 1. The third-order valence-electron chi connectivity index (χ3n) is 5.95. The molecule has 5 N–H and O–H groups in total. The smallest absolute Gasteiger partial charge is 0.291 e. The summed E-state index contributed by atoms with van der Waals surface area (Å²) in [5.41, 5.74) is 5.89. The van der Waals surface area contributed by atoms with Crippen LogP contribution < -0.4 is 21.1 Å². The van der Waals surface area contributed by atoms with Crippen LogP contribution >= 0.6 is 11.6 Å². The number of nitrogens with two attached hydrogens (primary N) is 1. The van der Waals surface area contributed by atoms with Crippen molar-refractivity contribution in [2.24, 2.45) is 12.8 Å². The molecule has 0 bridgehead atoms. The molecule has 3 aromatic rings. The summed E-state index contributed by atoms with van der Waals surface area (Å²) in [7, 11) is 2.71. The van der Waals surface area contributed by atoms with Gasteiger partial charge in [0.25, 0.3) is 18.3 Å². The highest BCUT2D eigenvalue weighted by Gasteiger charge is 2.31. The van der Waals surface area contributed by atoms with Crippen LogP contribution in [-0.2, 0) is 16.6 Å². The average molecular weight is 579 g/mol. The van der Waals surface area contributed by atoms with Gasteiger partial charge < -0.3 is 35.7 Å². The first-order valence-electron chi connectivity index (χ1n) is 11.6. The summed E-state index contributed by atoms with van der Waals surface area (Å²) in [5, 5.41) is 12.4. The van der Waals surface area contributed by atoms with Gasteiger partial charge in [-0.3, -0.25) is 19.2 Å². The Balaban J connectivity index is 0.00000141. The van der Waals surface area contributed by atoms with Crippen molar-refractivity contribution in [3.8, 4) is 17.0 Å². The highest BCUT2D eigenvalue weighted by molar-refractivity contribution is 6.34. The van der Waals surface area contributed by atoms with Crippen LogP contribution in [0.3, 0.4) is 0 Å². The van der Waals surface area contributed by atoms with E-state index < -0.39 is 23.4 Å². The van der Waals surface area contributed by atoms with E-state index in [4.69, 9.17) is 32.0 Å². The lowest BCUT2D eigenvalue weighted by molar-refractivity contribution is -0.134. The van der Waals surface area contributed by atoms with Gasteiger partial charge in [-0.05, 0) is 30.3 Å². The summed E-state index contributed by atoms with van der Waals surface area (Å²) in [4.78, 5) is 50.8. The summed E-state index contributed by atoms with van der Waals surface area (Å²) in [5.74, 6) is -3.83. The molecule has 1 aromatic heterocycles. The van der Waals surface area contributed by atoms with Gasteiger partial charge in [0.2, 0.25) is 11.7 Å². The fraction of sp³-hybridized carbons (Fsp3) is 0.240. The first-order chi connectivity index (χ1) is 19.1. The van der Waals surface area contributed by atoms with Gasteiger partial charge >= 0.3 is 0 Å². The van der Waals surface area contributed by atoms with E-state index in [1.165, 1.54) is 60.2 Å². The van der Waals surface area contributed by atoms with E-state index in [2.05, 4.69) is 15.6 Å². The number of amides is 3. The molecule has 3 amide bonds. The molecular formula is C25H25ClF2N6O6. The third-order valence-corrected chi connectivity index (χ3v) is 6.26. The van der Waals surface area contributed by atoms with Gasteiger partial charge in [0, 0.05) is 31.4 Å². The molecule has 1 aliphatic heterocycles. The zero-order valence-electron chi connectivity index (χ0n) is 21.3. The molecule has 1 aliphatic rings. The van der Waals surface area contributed by atoms with E-state index in [-0.39, 0.29) is 58.4 Å². The number of benzene rings is 2. The maximum atomic E-state index is 14.5. The first kappa shape index (κ1) is 30.0. The van der Waals surface area contributed by atoms with Crippen LogP contribution in [0, 0.1) is 11.6 Å². The van der Waals surface area contributed by atoms with Gasteiger partial charge in [-0.15, -0.1) is 0 Å². The van der Waals surface area contributed by atoms with Crippen LogP contribution in [0.25, 0.3) is 11.3 Å². The predicted octanol–water partition coefficient (Wildman–Crippen LogP) is 1.88. The number of rotatable bonds is 7. The molecule has 0 saturated carbocycles. The lowest BCUT2D eigenvalue weighted by Crippen LogP contribution is -2.62. The van der Waals surface area contributed by atoms with E-state index in [9.17, 15) is 23.2 Å². The minimum atomic E-state index is -1.15. The van der Waals surface area contributed by atoms with Crippen molar-refractivity contribution in [3.63, 3.8) is 0 Å². The lowest BCUT2D eigenvalue weighted by atomic mass is 10.1. The van der Waals surface area contributed by atoms with Crippen molar-refractivity contribution < 1.29 is 37.8 Å². The predicted molar refractivity (Wildman–Crippen MR) is 140 cm³/mol. The van der Waals surface area contributed by atoms with E-state index in [0.717, 1.165) is 0 Å². The molecule has 40 heavy (non-hydrogen) atoms. The summed E-state index contributed by atoms with van der Waals surface area (Å²) in [6.07, 6.45) is 1.25. The van der Waals surface area contributed by atoms with E-state index in [0.29, 0.717) is 18.8 Å². The van der Waals surface area contributed by atoms with Crippen LogP contribution in [0.2, 0.25) is 5.02 Å². The fourth-order valence-corrected chi connectivity index (χ4v) is 4.15. The number of imidazole rings is 1.